The molecule has 98 valence electrons. The molecule has 2 rings (SSSR count). The van der Waals surface area contributed by atoms with Crippen LogP contribution in [-0.2, 0) is 4.74 Å². The second-order valence-corrected chi connectivity index (χ2v) is 5.33. The van der Waals surface area contributed by atoms with Crippen LogP contribution in [0.3, 0.4) is 0 Å². The summed E-state index contributed by atoms with van der Waals surface area (Å²) < 4.78 is 5.47. The van der Waals surface area contributed by atoms with Gasteiger partial charge in [0.1, 0.15) is 4.99 Å². The van der Waals surface area contributed by atoms with Gasteiger partial charge in [-0.15, -0.1) is 0 Å². The van der Waals surface area contributed by atoms with Crippen molar-refractivity contribution in [2.45, 2.75) is 31.4 Å². The Morgan fingerprint density at radius 3 is 2.94 bits per heavy atom. The second-order valence-electron chi connectivity index (χ2n) is 4.48. The molecule has 0 radical (unpaired) electrons. The van der Waals surface area contributed by atoms with E-state index in [-0.39, 0.29) is 6.10 Å². The molecule has 0 aliphatic heterocycles. The third-order valence-electron chi connectivity index (χ3n) is 3.36. The van der Waals surface area contributed by atoms with Crippen LogP contribution >= 0.6 is 23.8 Å². The van der Waals surface area contributed by atoms with Crippen molar-refractivity contribution in [2.24, 2.45) is 5.73 Å². The summed E-state index contributed by atoms with van der Waals surface area (Å²) >= 11 is 11.2. The number of rotatable bonds is 4. The number of halogens is 1. The zero-order valence-corrected chi connectivity index (χ0v) is 11.9. The molecule has 2 unspecified atom stereocenters. The lowest BCUT2D eigenvalue weighted by atomic mass is 10.1. The predicted octanol–water partition coefficient (Wildman–Crippen LogP) is 2.95. The van der Waals surface area contributed by atoms with Gasteiger partial charge in [-0.2, -0.15) is 0 Å². The second kappa shape index (κ2) is 5.87. The monoisotopic (exact) mass is 284 g/mol. The summed E-state index contributed by atoms with van der Waals surface area (Å²) in [6.45, 7) is 0. The fourth-order valence-corrected chi connectivity index (χ4v) is 3.02. The number of nitrogens with two attached hydrogens (primary N) is 1. The summed E-state index contributed by atoms with van der Waals surface area (Å²) in [6, 6.07) is 5.93. The number of nitrogens with one attached hydrogen (secondary N) is 1. The highest BCUT2D eigenvalue weighted by atomic mass is 35.5. The van der Waals surface area contributed by atoms with Crippen molar-refractivity contribution in [3.8, 4) is 0 Å². The lowest BCUT2D eigenvalue weighted by molar-refractivity contribution is 0.101. The van der Waals surface area contributed by atoms with Crippen LogP contribution in [0.2, 0.25) is 5.02 Å². The summed E-state index contributed by atoms with van der Waals surface area (Å²) in [5.41, 5.74) is 7.34. The van der Waals surface area contributed by atoms with Crippen LogP contribution in [0.15, 0.2) is 18.2 Å². The number of thiocarbonyl (C=S) groups is 1. The van der Waals surface area contributed by atoms with E-state index < -0.39 is 0 Å². The first-order valence-electron chi connectivity index (χ1n) is 6.01. The number of ether oxygens (including phenoxy) is 1. The first-order valence-corrected chi connectivity index (χ1v) is 6.79. The van der Waals surface area contributed by atoms with Crippen LogP contribution in [-0.4, -0.2) is 24.2 Å². The highest BCUT2D eigenvalue weighted by Gasteiger charge is 2.27. The van der Waals surface area contributed by atoms with E-state index in [1.807, 2.05) is 12.1 Å². The molecule has 18 heavy (non-hydrogen) atoms. The minimum Gasteiger partial charge on any atom is -0.389 e. The molecule has 1 aromatic rings. The van der Waals surface area contributed by atoms with Crippen molar-refractivity contribution in [2.75, 3.05) is 12.4 Å². The standard InChI is InChI=1S/C13H17ClN2OS/c1-17-11-7-3-5-9(11)16-10-6-2-4-8(14)12(10)13(15)18/h2,4,6,9,11,16H,3,5,7H2,1H3,(H2,15,18). The Labute approximate surface area is 118 Å². The Morgan fingerprint density at radius 2 is 2.28 bits per heavy atom. The molecule has 1 saturated carbocycles. The highest BCUT2D eigenvalue weighted by Crippen LogP contribution is 2.29. The molecular formula is C13H17ClN2OS. The molecule has 0 bridgehead atoms. The lowest BCUT2D eigenvalue weighted by Gasteiger charge is -2.22. The summed E-state index contributed by atoms with van der Waals surface area (Å²) in [6.07, 6.45) is 3.57. The van der Waals surface area contributed by atoms with Crippen molar-refractivity contribution in [3.05, 3.63) is 28.8 Å². The summed E-state index contributed by atoms with van der Waals surface area (Å²) in [5.74, 6) is 0. The molecule has 3 nitrogen and oxygen atoms in total. The number of methoxy groups -OCH3 is 1. The van der Waals surface area contributed by atoms with Crippen LogP contribution in [0.5, 0.6) is 0 Å². The van der Waals surface area contributed by atoms with Gasteiger partial charge in [0, 0.05) is 12.8 Å². The zero-order valence-electron chi connectivity index (χ0n) is 10.3. The number of hydrogen-bond acceptors (Lipinski definition) is 3. The molecule has 3 N–H and O–H groups in total. The third-order valence-corrected chi connectivity index (χ3v) is 3.88. The summed E-state index contributed by atoms with van der Waals surface area (Å²) in [5, 5.41) is 4.04. The molecule has 5 heteroatoms. The van der Waals surface area contributed by atoms with Gasteiger partial charge in [0.25, 0.3) is 0 Å². The van der Waals surface area contributed by atoms with E-state index in [9.17, 15) is 0 Å². The first kappa shape index (κ1) is 13.6. The van der Waals surface area contributed by atoms with Crippen LogP contribution < -0.4 is 11.1 Å². The Bertz CT molecular complexity index is 453. The van der Waals surface area contributed by atoms with Crippen molar-refractivity contribution < 1.29 is 4.74 Å². The highest BCUT2D eigenvalue weighted by molar-refractivity contribution is 7.80. The molecule has 2 atom stereocenters. The topological polar surface area (TPSA) is 47.3 Å². The Kier molecular flexibility index (Phi) is 4.43. The molecule has 0 spiro atoms. The van der Waals surface area contributed by atoms with Crippen molar-refractivity contribution in [3.63, 3.8) is 0 Å². The van der Waals surface area contributed by atoms with Crippen LogP contribution in [0.1, 0.15) is 24.8 Å². The third kappa shape index (κ3) is 2.76. The van der Waals surface area contributed by atoms with Gasteiger partial charge in [0.15, 0.2) is 0 Å². The maximum absolute atomic E-state index is 6.14. The minimum absolute atomic E-state index is 0.239. The summed E-state index contributed by atoms with van der Waals surface area (Å²) in [7, 11) is 1.75. The quantitative estimate of drug-likeness (QED) is 0.835. The Balaban J connectivity index is 2.23. The Morgan fingerprint density at radius 1 is 1.50 bits per heavy atom. The fourth-order valence-electron chi connectivity index (χ4n) is 2.47. The van der Waals surface area contributed by atoms with E-state index in [0.29, 0.717) is 16.1 Å². The maximum atomic E-state index is 6.14. The zero-order chi connectivity index (χ0) is 13.1. The number of hydrogen-bond donors (Lipinski definition) is 2. The molecule has 1 aromatic carbocycles. The Hall–Kier alpha value is -0.840. The smallest absolute Gasteiger partial charge is 0.107 e. The van der Waals surface area contributed by atoms with Crippen LogP contribution in [0, 0.1) is 0 Å². The van der Waals surface area contributed by atoms with Gasteiger partial charge in [0.05, 0.1) is 22.7 Å². The average Bonchev–Trinajstić information content (AvgIpc) is 2.76. The molecule has 1 aliphatic rings. The van der Waals surface area contributed by atoms with Crippen molar-refractivity contribution in [1.29, 1.82) is 0 Å². The largest absolute Gasteiger partial charge is 0.389 e. The fraction of sp³-hybridized carbons (Fsp3) is 0.462. The molecule has 1 fully saturated rings. The van der Waals surface area contributed by atoms with Gasteiger partial charge in [-0.05, 0) is 31.4 Å². The summed E-state index contributed by atoms with van der Waals surface area (Å²) in [4.78, 5) is 0.315. The predicted molar refractivity (Wildman–Crippen MR) is 79.4 cm³/mol. The van der Waals surface area contributed by atoms with Crippen LogP contribution in [0.4, 0.5) is 5.69 Å². The van der Waals surface area contributed by atoms with Gasteiger partial charge in [-0.3, -0.25) is 0 Å². The lowest BCUT2D eigenvalue weighted by Crippen LogP contribution is -2.30. The van der Waals surface area contributed by atoms with E-state index in [0.717, 1.165) is 24.1 Å². The van der Waals surface area contributed by atoms with E-state index in [4.69, 9.17) is 34.3 Å². The van der Waals surface area contributed by atoms with Crippen molar-refractivity contribution >= 4 is 34.5 Å². The molecule has 1 aliphatic carbocycles. The van der Waals surface area contributed by atoms with Crippen molar-refractivity contribution in [1.82, 2.24) is 0 Å². The first-order chi connectivity index (χ1) is 8.63. The van der Waals surface area contributed by atoms with E-state index >= 15 is 0 Å². The molecule has 0 aromatic heterocycles. The van der Waals surface area contributed by atoms with Gasteiger partial charge in [-0.1, -0.05) is 29.9 Å². The molecular weight excluding hydrogens is 268 g/mol. The molecule has 0 saturated heterocycles. The normalized spacial score (nSPS) is 23.0. The number of benzene rings is 1. The van der Waals surface area contributed by atoms with E-state index in [2.05, 4.69) is 5.32 Å². The van der Waals surface area contributed by atoms with E-state index in [1.54, 1.807) is 13.2 Å². The van der Waals surface area contributed by atoms with E-state index in [1.165, 1.54) is 6.42 Å². The van der Waals surface area contributed by atoms with Gasteiger partial charge >= 0.3 is 0 Å². The molecule has 0 heterocycles. The van der Waals surface area contributed by atoms with Gasteiger partial charge in [-0.25, -0.2) is 0 Å². The van der Waals surface area contributed by atoms with Gasteiger partial charge in [0.2, 0.25) is 0 Å². The average molecular weight is 285 g/mol. The maximum Gasteiger partial charge on any atom is 0.107 e. The minimum atomic E-state index is 0.239. The number of anilines is 1. The molecule has 0 amide bonds. The van der Waals surface area contributed by atoms with Crippen LogP contribution in [0.25, 0.3) is 0 Å². The van der Waals surface area contributed by atoms with Gasteiger partial charge < -0.3 is 15.8 Å². The SMILES string of the molecule is COC1CCCC1Nc1cccc(Cl)c1C(N)=S.